The molecular formula is C19H20F3NO2. The number of halogens is 3. The van der Waals surface area contributed by atoms with Gasteiger partial charge in [-0.2, -0.15) is 13.2 Å². The molecule has 2 rings (SSSR count). The quantitative estimate of drug-likeness (QED) is 0.585. The first-order valence-electron chi connectivity index (χ1n) is 8.04. The van der Waals surface area contributed by atoms with Crippen LogP contribution in [-0.2, 0) is 10.9 Å². The molecular weight excluding hydrogens is 331 g/mol. The number of hydrogen-bond donors (Lipinski definition) is 1. The van der Waals surface area contributed by atoms with E-state index in [1.54, 1.807) is 36.4 Å². The van der Waals surface area contributed by atoms with Crippen LogP contribution in [0.1, 0.15) is 40.9 Å². The van der Waals surface area contributed by atoms with Crippen LogP contribution < -0.4 is 5.32 Å². The Bertz CT molecular complexity index is 687. The van der Waals surface area contributed by atoms with Crippen molar-refractivity contribution in [2.45, 2.75) is 25.6 Å². The highest BCUT2D eigenvalue weighted by molar-refractivity contribution is 5.89. The number of esters is 1. The van der Waals surface area contributed by atoms with E-state index in [4.69, 9.17) is 4.74 Å². The second kappa shape index (κ2) is 8.67. The summed E-state index contributed by atoms with van der Waals surface area (Å²) in [4.78, 5) is 11.8. The van der Waals surface area contributed by atoms with Crippen molar-refractivity contribution in [2.24, 2.45) is 0 Å². The zero-order valence-electron chi connectivity index (χ0n) is 13.8. The average molecular weight is 351 g/mol. The number of carbonyl (C=O) groups excluding carboxylic acids is 1. The Morgan fingerprint density at radius 1 is 1.12 bits per heavy atom. The van der Waals surface area contributed by atoms with Crippen LogP contribution in [0.2, 0.25) is 0 Å². The Hall–Kier alpha value is -2.34. The third kappa shape index (κ3) is 5.60. The van der Waals surface area contributed by atoms with Gasteiger partial charge in [-0.05, 0) is 36.2 Å². The normalized spacial score (nSPS) is 12.6. The van der Waals surface area contributed by atoms with Gasteiger partial charge in [0.1, 0.15) is 6.61 Å². The maximum absolute atomic E-state index is 12.8. The highest BCUT2D eigenvalue weighted by atomic mass is 19.4. The summed E-state index contributed by atoms with van der Waals surface area (Å²) in [6.45, 7) is 2.38. The number of nitrogens with one attached hydrogen (secondary N) is 1. The molecule has 1 N–H and O–H groups in total. The molecule has 134 valence electrons. The Morgan fingerprint density at radius 2 is 1.84 bits per heavy atom. The lowest BCUT2D eigenvalue weighted by molar-refractivity contribution is -0.137. The summed E-state index contributed by atoms with van der Waals surface area (Å²) in [7, 11) is 0. The zero-order chi connectivity index (χ0) is 18.3. The molecule has 0 aliphatic carbocycles. The largest absolute Gasteiger partial charge is 0.461 e. The maximum Gasteiger partial charge on any atom is 0.416 e. The lowest BCUT2D eigenvalue weighted by Crippen LogP contribution is -2.26. The third-order valence-corrected chi connectivity index (χ3v) is 3.76. The van der Waals surface area contributed by atoms with Gasteiger partial charge in [0.2, 0.25) is 0 Å². The van der Waals surface area contributed by atoms with Gasteiger partial charge >= 0.3 is 12.1 Å². The fourth-order valence-corrected chi connectivity index (χ4v) is 2.46. The van der Waals surface area contributed by atoms with Gasteiger partial charge < -0.3 is 10.1 Å². The van der Waals surface area contributed by atoms with Crippen LogP contribution >= 0.6 is 0 Å². The second-order valence-corrected chi connectivity index (χ2v) is 5.54. The lowest BCUT2D eigenvalue weighted by Gasteiger charge is -2.19. The summed E-state index contributed by atoms with van der Waals surface area (Å²) in [5.41, 5.74) is 0.361. The Balaban J connectivity index is 1.87. The van der Waals surface area contributed by atoms with Crippen molar-refractivity contribution < 1.29 is 22.7 Å². The van der Waals surface area contributed by atoms with E-state index in [0.717, 1.165) is 12.1 Å². The van der Waals surface area contributed by atoms with Gasteiger partial charge in [0.05, 0.1) is 11.1 Å². The summed E-state index contributed by atoms with van der Waals surface area (Å²) < 4.78 is 43.6. The minimum atomic E-state index is -4.36. The van der Waals surface area contributed by atoms with Gasteiger partial charge in [0.15, 0.2) is 0 Å². The van der Waals surface area contributed by atoms with E-state index in [1.165, 1.54) is 6.07 Å². The van der Waals surface area contributed by atoms with Crippen molar-refractivity contribution in [2.75, 3.05) is 13.2 Å². The highest BCUT2D eigenvalue weighted by Crippen LogP contribution is 2.31. The number of rotatable bonds is 7. The standard InChI is InChI=1S/C19H20F3NO2/c1-2-17(15-9-6-10-16(13-15)19(20,21)22)23-11-12-25-18(24)14-7-4-3-5-8-14/h3-10,13,17,23H,2,11-12H2,1H3. The molecule has 0 saturated heterocycles. The van der Waals surface area contributed by atoms with Gasteiger partial charge in [-0.15, -0.1) is 0 Å². The van der Waals surface area contributed by atoms with Gasteiger partial charge in [-0.3, -0.25) is 0 Å². The van der Waals surface area contributed by atoms with Crippen LogP contribution in [0, 0.1) is 0 Å². The van der Waals surface area contributed by atoms with E-state index in [2.05, 4.69) is 5.32 Å². The number of hydrogen-bond acceptors (Lipinski definition) is 3. The van der Waals surface area contributed by atoms with E-state index in [-0.39, 0.29) is 12.6 Å². The van der Waals surface area contributed by atoms with Crippen molar-refractivity contribution in [3.63, 3.8) is 0 Å². The molecule has 0 fully saturated rings. The molecule has 0 bridgehead atoms. The van der Waals surface area contributed by atoms with Crippen LogP contribution in [0.3, 0.4) is 0 Å². The van der Waals surface area contributed by atoms with Crippen molar-refractivity contribution in [3.8, 4) is 0 Å². The van der Waals surface area contributed by atoms with Gasteiger partial charge in [-0.1, -0.05) is 37.3 Å². The molecule has 25 heavy (non-hydrogen) atoms. The van der Waals surface area contributed by atoms with Crippen LogP contribution in [-0.4, -0.2) is 19.1 Å². The molecule has 0 aliphatic heterocycles. The third-order valence-electron chi connectivity index (χ3n) is 3.76. The monoisotopic (exact) mass is 351 g/mol. The molecule has 6 heteroatoms. The molecule has 0 spiro atoms. The second-order valence-electron chi connectivity index (χ2n) is 5.54. The summed E-state index contributed by atoms with van der Waals surface area (Å²) in [6.07, 6.45) is -3.74. The lowest BCUT2D eigenvalue weighted by atomic mass is 10.0. The molecule has 0 radical (unpaired) electrons. The van der Waals surface area contributed by atoms with Gasteiger partial charge in [0, 0.05) is 12.6 Å². The number of carbonyl (C=O) groups is 1. The first-order chi connectivity index (χ1) is 11.9. The maximum atomic E-state index is 12.8. The number of alkyl halides is 3. The van der Waals surface area contributed by atoms with E-state index >= 15 is 0 Å². The van der Waals surface area contributed by atoms with Gasteiger partial charge in [0.25, 0.3) is 0 Å². The molecule has 0 aromatic heterocycles. The molecule has 1 atom stereocenters. The number of ether oxygens (including phenoxy) is 1. The Morgan fingerprint density at radius 3 is 2.48 bits per heavy atom. The Labute approximate surface area is 144 Å². The van der Waals surface area contributed by atoms with E-state index in [0.29, 0.717) is 24.1 Å². The number of benzene rings is 2. The van der Waals surface area contributed by atoms with Crippen molar-refractivity contribution in [1.82, 2.24) is 5.32 Å². The van der Waals surface area contributed by atoms with Crippen molar-refractivity contribution >= 4 is 5.97 Å². The molecule has 2 aromatic carbocycles. The first kappa shape index (κ1) is 19.0. The van der Waals surface area contributed by atoms with Crippen molar-refractivity contribution in [3.05, 3.63) is 71.3 Å². The van der Waals surface area contributed by atoms with E-state index in [1.807, 2.05) is 6.92 Å². The molecule has 3 nitrogen and oxygen atoms in total. The molecule has 2 aromatic rings. The van der Waals surface area contributed by atoms with Crippen LogP contribution in [0.4, 0.5) is 13.2 Å². The van der Waals surface area contributed by atoms with Crippen molar-refractivity contribution in [1.29, 1.82) is 0 Å². The molecule has 1 unspecified atom stereocenters. The van der Waals surface area contributed by atoms with E-state index < -0.39 is 17.7 Å². The molecule has 0 heterocycles. The van der Waals surface area contributed by atoms with Crippen LogP contribution in [0.15, 0.2) is 54.6 Å². The minimum absolute atomic E-state index is 0.142. The fraction of sp³-hybridized carbons (Fsp3) is 0.316. The van der Waals surface area contributed by atoms with Crippen LogP contribution in [0.25, 0.3) is 0 Å². The Kier molecular flexibility index (Phi) is 6.58. The topological polar surface area (TPSA) is 38.3 Å². The smallest absolute Gasteiger partial charge is 0.416 e. The van der Waals surface area contributed by atoms with Crippen LogP contribution in [0.5, 0.6) is 0 Å². The fourth-order valence-electron chi connectivity index (χ4n) is 2.46. The zero-order valence-corrected chi connectivity index (χ0v) is 13.8. The molecule has 0 aliphatic rings. The van der Waals surface area contributed by atoms with Gasteiger partial charge in [-0.25, -0.2) is 4.79 Å². The first-order valence-corrected chi connectivity index (χ1v) is 8.04. The predicted molar refractivity (Wildman–Crippen MR) is 89.2 cm³/mol. The summed E-state index contributed by atoms with van der Waals surface area (Å²) in [5, 5.41) is 3.13. The molecule has 0 saturated carbocycles. The SMILES string of the molecule is CCC(NCCOC(=O)c1ccccc1)c1cccc(C(F)(F)F)c1. The predicted octanol–water partition coefficient (Wildman–Crippen LogP) is 4.60. The van der Waals surface area contributed by atoms with E-state index in [9.17, 15) is 18.0 Å². The average Bonchev–Trinajstić information content (AvgIpc) is 2.62. The summed E-state index contributed by atoms with van der Waals surface area (Å²) in [6, 6.07) is 13.6. The highest BCUT2D eigenvalue weighted by Gasteiger charge is 2.30. The molecule has 0 amide bonds. The summed E-state index contributed by atoms with van der Waals surface area (Å²) in [5.74, 6) is -0.422. The summed E-state index contributed by atoms with van der Waals surface area (Å²) >= 11 is 0. The minimum Gasteiger partial charge on any atom is -0.461 e.